The van der Waals surface area contributed by atoms with E-state index in [9.17, 15) is 4.79 Å². The molecule has 1 aromatic heterocycles. The van der Waals surface area contributed by atoms with Crippen molar-refractivity contribution in [3.8, 4) is 0 Å². The van der Waals surface area contributed by atoms with Gasteiger partial charge in [-0.05, 0) is 12.5 Å². The average molecular weight is 194 g/mol. The zero-order chi connectivity index (χ0) is 10.4. The molecule has 1 aromatic rings. The molecule has 0 aliphatic carbocycles. The van der Waals surface area contributed by atoms with E-state index in [2.05, 4.69) is 11.7 Å². The molecule has 0 unspecified atom stereocenters. The number of carbonyl (C=O) groups is 1. The zero-order valence-electron chi connectivity index (χ0n) is 8.27. The lowest BCUT2D eigenvalue weighted by Crippen LogP contribution is -2.10. The molecule has 1 heterocycles. The van der Waals surface area contributed by atoms with Crippen molar-refractivity contribution in [1.82, 2.24) is 9.78 Å². The molecular weight excluding hydrogens is 180 g/mol. The van der Waals surface area contributed by atoms with Gasteiger partial charge in [-0.1, -0.05) is 19.9 Å². The van der Waals surface area contributed by atoms with Crippen molar-refractivity contribution in [3.63, 3.8) is 0 Å². The smallest absolute Gasteiger partial charge is 0.357 e. The van der Waals surface area contributed by atoms with Crippen LogP contribution in [0.4, 0.5) is 0 Å². The van der Waals surface area contributed by atoms with E-state index >= 15 is 0 Å². The number of carbonyl (C=O) groups excluding carboxylic acids is 1. The average Bonchev–Trinajstić information content (AvgIpc) is 2.65. The van der Waals surface area contributed by atoms with Crippen molar-refractivity contribution < 1.29 is 9.53 Å². The van der Waals surface area contributed by atoms with Crippen LogP contribution in [0.1, 0.15) is 30.3 Å². The summed E-state index contributed by atoms with van der Waals surface area (Å²) in [5.41, 5.74) is 0.413. The Kier molecular flexibility index (Phi) is 3.91. The first-order valence-corrected chi connectivity index (χ1v) is 4.62. The van der Waals surface area contributed by atoms with E-state index < -0.39 is 0 Å². The highest BCUT2D eigenvalue weighted by molar-refractivity contribution is 5.88. The van der Waals surface area contributed by atoms with E-state index in [0.717, 1.165) is 12.8 Å². The normalized spacial score (nSPS) is 9.79. The van der Waals surface area contributed by atoms with Crippen LogP contribution < -0.4 is 0 Å². The fourth-order valence-electron chi connectivity index (χ4n) is 1.00. The first-order valence-electron chi connectivity index (χ1n) is 4.62. The van der Waals surface area contributed by atoms with Gasteiger partial charge in [-0.15, -0.1) is 0 Å². The van der Waals surface area contributed by atoms with Crippen LogP contribution in [0.2, 0.25) is 0 Å². The minimum atomic E-state index is -0.351. The Morgan fingerprint density at radius 3 is 3.21 bits per heavy atom. The predicted octanol–water partition coefficient (Wildman–Crippen LogP) is 1.94. The SMILES string of the molecule is C=Cn1nccc1C(=O)OCCCC. The van der Waals surface area contributed by atoms with E-state index in [1.165, 1.54) is 17.1 Å². The van der Waals surface area contributed by atoms with Crippen molar-refractivity contribution in [2.45, 2.75) is 19.8 Å². The molecule has 0 radical (unpaired) electrons. The number of hydrogen-bond acceptors (Lipinski definition) is 3. The number of rotatable bonds is 5. The van der Waals surface area contributed by atoms with Crippen LogP contribution in [-0.4, -0.2) is 22.4 Å². The molecule has 4 heteroatoms. The summed E-state index contributed by atoms with van der Waals surface area (Å²) >= 11 is 0. The van der Waals surface area contributed by atoms with Gasteiger partial charge in [0.15, 0.2) is 5.69 Å². The van der Waals surface area contributed by atoms with Crippen molar-refractivity contribution in [2.75, 3.05) is 6.61 Å². The van der Waals surface area contributed by atoms with Gasteiger partial charge in [0.25, 0.3) is 0 Å². The summed E-state index contributed by atoms with van der Waals surface area (Å²) in [6.07, 6.45) is 4.90. The zero-order valence-corrected chi connectivity index (χ0v) is 8.27. The topological polar surface area (TPSA) is 44.1 Å². The molecule has 0 aromatic carbocycles. The largest absolute Gasteiger partial charge is 0.461 e. The Morgan fingerprint density at radius 1 is 1.79 bits per heavy atom. The third kappa shape index (κ3) is 2.45. The molecule has 0 spiro atoms. The number of ether oxygens (including phenoxy) is 1. The third-order valence-electron chi connectivity index (χ3n) is 1.78. The molecule has 0 fully saturated rings. The van der Waals surface area contributed by atoms with E-state index in [1.54, 1.807) is 6.07 Å². The fraction of sp³-hybridized carbons (Fsp3) is 0.400. The second kappa shape index (κ2) is 5.21. The molecular formula is C10H14N2O2. The second-order valence-corrected chi connectivity index (χ2v) is 2.83. The summed E-state index contributed by atoms with van der Waals surface area (Å²) < 4.78 is 6.42. The van der Waals surface area contributed by atoms with E-state index in [-0.39, 0.29) is 5.97 Å². The molecule has 76 valence electrons. The Hall–Kier alpha value is -1.58. The van der Waals surface area contributed by atoms with Gasteiger partial charge in [0.05, 0.1) is 12.8 Å². The highest BCUT2D eigenvalue weighted by Crippen LogP contribution is 2.02. The molecule has 0 saturated carbocycles. The van der Waals surface area contributed by atoms with Gasteiger partial charge in [0, 0.05) is 6.20 Å². The summed E-state index contributed by atoms with van der Waals surface area (Å²) in [5.74, 6) is -0.351. The number of hydrogen-bond donors (Lipinski definition) is 0. The Morgan fingerprint density at radius 2 is 2.57 bits per heavy atom. The number of unbranched alkanes of at least 4 members (excludes halogenated alkanes) is 1. The van der Waals surface area contributed by atoms with Gasteiger partial charge in [-0.2, -0.15) is 5.10 Å². The molecule has 0 aliphatic heterocycles. The summed E-state index contributed by atoms with van der Waals surface area (Å²) in [6.45, 7) is 6.03. The minimum Gasteiger partial charge on any atom is -0.461 e. The lowest BCUT2D eigenvalue weighted by molar-refractivity contribution is 0.0490. The monoisotopic (exact) mass is 194 g/mol. The van der Waals surface area contributed by atoms with Crippen LogP contribution in [0.3, 0.4) is 0 Å². The lowest BCUT2D eigenvalue weighted by atomic mass is 10.3. The fourth-order valence-corrected chi connectivity index (χ4v) is 1.00. The summed E-state index contributed by atoms with van der Waals surface area (Å²) in [7, 11) is 0. The van der Waals surface area contributed by atoms with Gasteiger partial charge in [0.1, 0.15) is 0 Å². The Bertz CT molecular complexity index is 318. The predicted molar refractivity (Wildman–Crippen MR) is 53.8 cm³/mol. The number of nitrogens with zero attached hydrogens (tertiary/aromatic N) is 2. The van der Waals surface area contributed by atoms with E-state index in [0.29, 0.717) is 12.3 Å². The molecule has 1 rings (SSSR count). The molecule has 0 aliphatic rings. The van der Waals surface area contributed by atoms with Crippen molar-refractivity contribution >= 4 is 12.2 Å². The maximum absolute atomic E-state index is 11.4. The maximum Gasteiger partial charge on any atom is 0.357 e. The standard InChI is InChI=1S/C10H14N2O2/c1-3-5-8-14-10(13)9-6-7-11-12(9)4-2/h4,6-7H,2-3,5,8H2,1H3. The van der Waals surface area contributed by atoms with E-state index in [4.69, 9.17) is 4.74 Å². The molecule has 0 saturated heterocycles. The molecule has 4 nitrogen and oxygen atoms in total. The van der Waals surface area contributed by atoms with Crippen LogP contribution in [0.5, 0.6) is 0 Å². The summed E-state index contributed by atoms with van der Waals surface area (Å²) in [6, 6.07) is 1.61. The van der Waals surface area contributed by atoms with Crippen molar-refractivity contribution in [2.24, 2.45) is 0 Å². The van der Waals surface area contributed by atoms with Gasteiger partial charge in [-0.25, -0.2) is 9.48 Å². The van der Waals surface area contributed by atoms with Crippen LogP contribution >= 0.6 is 0 Å². The van der Waals surface area contributed by atoms with Crippen molar-refractivity contribution in [1.29, 1.82) is 0 Å². The van der Waals surface area contributed by atoms with Gasteiger partial charge >= 0.3 is 5.97 Å². The number of aromatic nitrogens is 2. The molecule has 0 atom stereocenters. The quantitative estimate of drug-likeness (QED) is 0.531. The lowest BCUT2D eigenvalue weighted by Gasteiger charge is -2.03. The number of esters is 1. The van der Waals surface area contributed by atoms with Crippen LogP contribution in [0, 0.1) is 0 Å². The van der Waals surface area contributed by atoms with Crippen molar-refractivity contribution in [3.05, 3.63) is 24.5 Å². The summed E-state index contributed by atoms with van der Waals surface area (Å²) in [4.78, 5) is 11.4. The molecule has 0 N–H and O–H groups in total. The first kappa shape index (κ1) is 10.5. The highest BCUT2D eigenvalue weighted by atomic mass is 16.5. The molecule has 0 bridgehead atoms. The van der Waals surface area contributed by atoms with Crippen LogP contribution in [-0.2, 0) is 4.74 Å². The van der Waals surface area contributed by atoms with Crippen LogP contribution in [0.25, 0.3) is 6.20 Å². The van der Waals surface area contributed by atoms with Gasteiger partial charge in [0.2, 0.25) is 0 Å². The van der Waals surface area contributed by atoms with Gasteiger partial charge < -0.3 is 4.74 Å². The second-order valence-electron chi connectivity index (χ2n) is 2.83. The summed E-state index contributed by atoms with van der Waals surface area (Å²) in [5, 5.41) is 3.88. The Balaban J connectivity index is 2.56. The van der Waals surface area contributed by atoms with Crippen LogP contribution in [0.15, 0.2) is 18.8 Å². The van der Waals surface area contributed by atoms with Gasteiger partial charge in [-0.3, -0.25) is 0 Å². The first-order chi connectivity index (χ1) is 6.79. The Labute approximate surface area is 83.2 Å². The molecule has 14 heavy (non-hydrogen) atoms. The highest BCUT2D eigenvalue weighted by Gasteiger charge is 2.11. The minimum absolute atomic E-state index is 0.351. The van der Waals surface area contributed by atoms with E-state index in [1.807, 2.05) is 6.92 Å². The maximum atomic E-state index is 11.4. The molecule has 0 amide bonds. The third-order valence-corrected chi connectivity index (χ3v) is 1.78.